The average molecular weight is 302 g/mol. The van der Waals surface area contributed by atoms with Crippen LogP contribution in [0.3, 0.4) is 0 Å². The minimum Gasteiger partial charge on any atom is -0.500 e. The number of hydrogen-bond donors (Lipinski definition) is 2. The van der Waals surface area contributed by atoms with Crippen molar-refractivity contribution in [3.05, 3.63) is 39.7 Å². The van der Waals surface area contributed by atoms with Gasteiger partial charge >= 0.3 is 11.7 Å². The van der Waals surface area contributed by atoms with Gasteiger partial charge in [-0.2, -0.15) is 18.4 Å². The molecular weight excluding hydrogens is 297 g/mol. The zero-order valence-electron chi connectivity index (χ0n) is 9.47. The molecule has 5 nitrogen and oxygen atoms in total. The van der Waals surface area contributed by atoms with Crippen molar-refractivity contribution in [2.75, 3.05) is 0 Å². The van der Waals surface area contributed by atoms with Crippen molar-refractivity contribution < 1.29 is 23.4 Å². The van der Waals surface area contributed by atoms with Gasteiger partial charge in [0.15, 0.2) is 0 Å². The first-order valence-corrected chi connectivity index (χ1v) is 5.79. The van der Waals surface area contributed by atoms with Crippen LogP contribution in [0, 0.1) is 11.3 Å². The first-order chi connectivity index (χ1) is 9.25. The number of aromatic nitrogens is 1. The normalized spacial score (nSPS) is 11.3. The molecule has 0 spiro atoms. The quantitative estimate of drug-likeness (QED) is 0.845. The Labute approximate surface area is 113 Å². The van der Waals surface area contributed by atoms with Crippen molar-refractivity contribution in [2.45, 2.75) is 6.18 Å². The van der Waals surface area contributed by atoms with Crippen LogP contribution >= 0.6 is 11.5 Å². The first kappa shape index (κ1) is 14.0. The highest BCUT2D eigenvalue weighted by Gasteiger charge is 2.34. The fourth-order valence-corrected chi connectivity index (χ4v) is 2.25. The summed E-state index contributed by atoms with van der Waals surface area (Å²) in [5.41, 5.74) is -3.02. The number of halogens is 3. The summed E-state index contributed by atoms with van der Waals surface area (Å²) in [5, 5.41) is 26.3. The number of nitrogens with zero attached hydrogens (tertiary/aromatic N) is 2. The van der Waals surface area contributed by atoms with Crippen molar-refractivity contribution >= 4 is 11.5 Å². The summed E-state index contributed by atoms with van der Waals surface area (Å²) in [6.45, 7) is 0. The van der Waals surface area contributed by atoms with E-state index < -0.39 is 33.7 Å². The molecule has 1 heterocycles. The highest BCUT2D eigenvalue weighted by molar-refractivity contribution is 7.09. The molecule has 0 bridgehead atoms. The van der Waals surface area contributed by atoms with Gasteiger partial charge in [-0.3, -0.25) is 4.79 Å². The second-order valence-corrected chi connectivity index (χ2v) is 4.62. The van der Waals surface area contributed by atoms with Crippen molar-refractivity contribution in [1.29, 1.82) is 5.26 Å². The number of nitriles is 1. The number of benzene rings is 1. The Kier molecular flexibility index (Phi) is 3.19. The molecule has 0 radical (unpaired) electrons. The maximum Gasteiger partial charge on any atom is 0.417 e. The van der Waals surface area contributed by atoms with Crippen LogP contribution in [0.1, 0.15) is 11.1 Å². The fraction of sp³-hybridized carbons (Fsp3) is 0.0909. The van der Waals surface area contributed by atoms with Crippen LogP contribution in [-0.2, 0) is 6.18 Å². The summed E-state index contributed by atoms with van der Waals surface area (Å²) in [7, 11) is 0. The molecule has 0 aliphatic rings. The van der Waals surface area contributed by atoms with E-state index in [-0.39, 0.29) is 5.69 Å². The van der Waals surface area contributed by atoms with E-state index in [9.17, 15) is 28.2 Å². The van der Waals surface area contributed by atoms with Crippen molar-refractivity contribution in [3.8, 4) is 22.6 Å². The maximum absolute atomic E-state index is 12.8. The number of alkyl halides is 3. The molecule has 0 saturated heterocycles. The summed E-state index contributed by atoms with van der Waals surface area (Å²) in [4.78, 5) is 11.5. The van der Waals surface area contributed by atoms with Crippen molar-refractivity contribution in [2.24, 2.45) is 0 Å². The van der Waals surface area contributed by atoms with Crippen LogP contribution in [0.4, 0.5) is 13.2 Å². The Hall–Kier alpha value is -2.47. The number of hydrogen-bond acceptors (Lipinski definition) is 5. The first-order valence-electron chi connectivity index (χ1n) is 5.01. The Morgan fingerprint density at radius 3 is 2.40 bits per heavy atom. The molecule has 0 fully saturated rings. The van der Waals surface area contributed by atoms with Crippen molar-refractivity contribution in [3.63, 3.8) is 0 Å². The van der Waals surface area contributed by atoms with Crippen LogP contribution in [0.15, 0.2) is 23.0 Å². The van der Waals surface area contributed by atoms with E-state index >= 15 is 0 Å². The van der Waals surface area contributed by atoms with Gasteiger partial charge in [-0.25, -0.2) is 3.96 Å². The zero-order chi connectivity index (χ0) is 15.1. The molecule has 104 valence electrons. The van der Waals surface area contributed by atoms with Gasteiger partial charge in [0.2, 0.25) is 10.8 Å². The van der Waals surface area contributed by atoms with Crippen LogP contribution in [0.25, 0.3) is 5.69 Å². The van der Waals surface area contributed by atoms with Gasteiger partial charge in [0.1, 0.15) is 0 Å². The Bertz CT molecular complexity index is 771. The molecule has 2 rings (SSSR count). The number of aromatic hydroxyl groups is 2. The van der Waals surface area contributed by atoms with Crippen LogP contribution in [0.2, 0.25) is 0 Å². The molecule has 1 aromatic heterocycles. The van der Waals surface area contributed by atoms with E-state index in [2.05, 4.69) is 0 Å². The van der Waals surface area contributed by atoms with Gasteiger partial charge < -0.3 is 10.2 Å². The van der Waals surface area contributed by atoms with Crippen LogP contribution in [-0.4, -0.2) is 14.2 Å². The molecule has 0 unspecified atom stereocenters. The predicted molar refractivity (Wildman–Crippen MR) is 63.0 cm³/mol. The maximum atomic E-state index is 12.8. The minimum absolute atomic E-state index is 0.207. The molecule has 0 amide bonds. The SMILES string of the molecule is N#Cc1ccc(-n2sc(O)c(O)c2=O)cc1C(F)(F)F. The summed E-state index contributed by atoms with van der Waals surface area (Å²) >= 11 is 0.386. The minimum atomic E-state index is -4.76. The molecule has 9 heteroatoms. The fourth-order valence-electron chi connectivity index (χ4n) is 1.52. The van der Waals surface area contributed by atoms with E-state index in [4.69, 9.17) is 5.26 Å². The summed E-state index contributed by atoms with van der Waals surface area (Å²) in [5.74, 6) is -0.937. The van der Waals surface area contributed by atoms with Gasteiger partial charge in [-0.1, -0.05) is 0 Å². The topological polar surface area (TPSA) is 86.2 Å². The highest BCUT2D eigenvalue weighted by atomic mass is 32.1. The highest BCUT2D eigenvalue weighted by Crippen LogP contribution is 2.34. The van der Waals surface area contributed by atoms with E-state index in [1.54, 1.807) is 0 Å². The predicted octanol–water partition coefficient (Wildman–Crippen LogP) is 2.20. The second-order valence-electron chi connectivity index (χ2n) is 3.68. The molecule has 20 heavy (non-hydrogen) atoms. The van der Waals surface area contributed by atoms with Gasteiger partial charge in [-0.15, -0.1) is 0 Å². The Morgan fingerprint density at radius 2 is 1.95 bits per heavy atom. The molecule has 0 atom stereocenters. The smallest absolute Gasteiger partial charge is 0.417 e. The summed E-state index contributed by atoms with van der Waals surface area (Å²) in [6, 6.07) is 4.05. The van der Waals surface area contributed by atoms with Gasteiger partial charge in [0.25, 0.3) is 0 Å². The van der Waals surface area contributed by atoms with E-state index in [0.29, 0.717) is 21.6 Å². The average Bonchev–Trinajstić information content (AvgIpc) is 2.65. The van der Waals surface area contributed by atoms with Crippen LogP contribution in [0.5, 0.6) is 10.8 Å². The molecule has 2 N–H and O–H groups in total. The molecule has 0 aliphatic carbocycles. The van der Waals surface area contributed by atoms with Crippen molar-refractivity contribution in [1.82, 2.24) is 3.96 Å². The lowest BCUT2D eigenvalue weighted by molar-refractivity contribution is -0.137. The second kappa shape index (κ2) is 4.57. The van der Waals surface area contributed by atoms with Gasteiger partial charge in [0, 0.05) is 0 Å². The third-order valence-electron chi connectivity index (χ3n) is 2.43. The lowest BCUT2D eigenvalue weighted by Gasteiger charge is -2.10. The lowest BCUT2D eigenvalue weighted by Crippen LogP contribution is -2.13. The summed E-state index contributed by atoms with van der Waals surface area (Å²) in [6.07, 6.45) is -4.76. The molecule has 0 aliphatic heterocycles. The largest absolute Gasteiger partial charge is 0.500 e. The van der Waals surface area contributed by atoms with E-state index in [1.807, 2.05) is 0 Å². The molecule has 0 saturated carbocycles. The Balaban J connectivity index is 2.69. The molecular formula is C11H5F3N2O3S. The monoisotopic (exact) mass is 302 g/mol. The third kappa shape index (κ3) is 2.21. The third-order valence-corrected chi connectivity index (χ3v) is 3.36. The van der Waals surface area contributed by atoms with Gasteiger partial charge in [0.05, 0.1) is 22.9 Å². The zero-order valence-corrected chi connectivity index (χ0v) is 10.3. The summed E-state index contributed by atoms with van der Waals surface area (Å²) < 4.78 is 39.0. The number of rotatable bonds is 1. The van der Waals surface area contributed by atoms with Gasteiger partial charge in [-0.05, 0) is 29.7 Å². The lowest BCUT2D eigenvalue weighted by atomic mass is 10.1. The van der Waals surface area contributed by atoms with Crippen LogP contribution < -0.4 is 5.56 Å². The molecule has 2 aromatic rings. The Morgan fingerprint density at radius 1 is 1.30 bits per heavy atom. The molecule has 1 aromatic carbocycles. The van der Waals surface area contributed by atoms with E-state index in [1.165, 1.54) is 6.07 Å². The van der Waals surface area contributed by atoms with E-state index in [0.717, 1.165) is 12.1 Å². The standard InChI is InChI=1S/C11H5F3N2O3S/c12-11(13,14)7-3-6(2-1-5(7)4-15)16-9(18)8(17)10(19)20-16/h1-3,17,19H.